The Hall–Kier alpha value is -1.85. The van der Waals surface area contributed by atoms with Gasteiger partial charge in [0.15, 0.2) is 0 Å². The summed E-state index contributed by atoms with van der Waals surface area (Å²) in [6.45, 7) is 9.77. The summed E-state index contributed by atoms with van der Waals surface area (Å²) >= 11 is 0. The van der Waals surface area contributed by atoms with Crippen LogP contribution in [0.1, 0.15) is 37.4 Å². The lowest BCUT2D eigenvalue weighted by molar-refractivity contribution is 0.203. The maximum atomic E-state index is 12.2. The van der Waals surface area contributed by atoms with Crippen molar-refractivity contribution in [1.29, 1.82) is 0 Å². The smallest absolute Gasteiger partial charge is 0.317 e. The van der Waals surface area contributed by atoms with Gasteiger partial charge in [0.1, 0.15) is 11.6 Å². The molecule has 4 rings (SSSR count). The van der Waals surface area contributed by atoms with E-state index in [1.165, 1.54) is 23.5 Å². The SMILES string of the molecule is Cc1nc2c(c(N3CC4CN(C(=O)NC(C)C)CC4C3)n1)CCC2. The number of likely N-dealkylation sites (tertiary alicyclic amines) is 1. The topological polar surface area (TPSA) is 61.4 Å². The Labute approximate surface area is 143 Å². The van der Waals surface area contributed by atoms with Crippen LogP contribution in [0.5, 0.6) is 0 Å². The van der Waals surface area contributed by atoms with Crippen molar-refractivity contribution in [3.05, 3.63) is 17.1 Å². The van der Waals surface area contributed by atoms with Crippen LogP contribution in [0.4, 0.5) is 10.6 Å². The lowest BCUT2D eigenvalue weighted by Crippen LogP contribution is -2.43. The third-order valence-corrected chi connectivity index (χ3v) is 5.51. The zero-order valence-electron chi connectivity index (χ0n) is 14.9. The van der Waals surface area contributed by atoms with Crippen molar-refractivity contribution in [2.24, 2.45) is 11.8 Å². The second-order valence-electron chi connectivity index (χ2n) is 7.81. The van der Waals surface area contributed by atoms with Crippen LogP contribution in [-0.2, 0) is 12.8 Å². The van der Waals surface area contributed by atoms with Crippen LogP contribution >= 0.6 is 0 Å². The van der Waals surface area contributed by atoms with E-state index in [0.717, 1.165) is 44.8 Å². The number of aromatic nitrogens is 2. The van der Waals surface area contributed by atoms with E-state index in [1.807, 2.05) is 25.7 Å². The molecular formula is C18H27N5O. The van der Waals surface area contributed by atoms with Crippen LogP contribution < -0.4 is 10.2 Å². The van der Waals surface area contributed by atoms with Gasteiger partial charge < -0.3 is 15.1 Å². The van der Waals surface area contributed by atoms with Gasteiger partial charge in [-0.2, -0.15) is 0 Å². The monoisotopic (exact) mass is 329 g/mol. The number of anilines is 1. The average Bonchev–Trinajstić information content (AvgIpc) is 3.18. The second-order valence-corrected chi connectivity index (χ2v) is 7.81. The first-order chi connectivity index (χ1) is 11.5. The van der Waals surface area contributed by atoms with Crippen molar-refractivity contribution in [1.82, 2.24) is 20.2 Å². The summed E-state index contributed by atoms with van der Waals surface area (Å²) in [6, 6.07) is 0.283. The van der Waals surface area contributed by atoms with Gasteiger partial charge in [0.05, 0.1) is 0 Å². The highest BCUT2D eigenvalue weighted by Crippen LogP contribution is 2.37. The van der Waals surface area contributed by atoms with Crippen LogP contribution in [0, 0.1) is 18.8 Å². The van der Waals surface area contributed by atoms with Crippen molar-refractivity contribution < 1.29 is 4.79 Å². The Morgan fingerprint density at radius 1 is 1.12 bits per heavy atom. The number of nitrogens with one attached hydrogen (secondary N) is 1. The molecular weight excluding hydrogens is 302 g/mol. The minimum Gasteiger partial charge on any atom is -0.356 e. The molecule has 0 radical (unpaired) electrons. The summed E-state index contributed by atoms with van der Waals surface area (Å²) in [6.07, 6.45) is 3.40. The van der Waals surface area contributed by atoms with E-state index in [2.05, 4.69) is 15.2 Å². The molecule has 2 saturated heterocycles. The lowest BCUT2D eigenvalue weighted by Gasteiger charge is -2.25. The summed E-state index contributed by atoms with van der Waals surface area (Å²) in [5, 5.41) is 3.01. The van der Waals surface area contributed by atoms with E-state index in [4.69, 9.17) is 4.98 Å². The Morgan fingerprint density at radius 3 is 2.50 bits per heavy atom. The minimum atomic E-state index is 0.0877. The fraction of sp³-hybridized carbons (Fsp3) is 0.722. The van der Waals surface area contributed by atoms with Gasteiger partial charge in [-0.15, -0.1) is 0 Å². The third kappa shape index (κ3) is 2.72. The molecule has 0 bridgehead atoms. The Kier molecular flexibility index (Phi) is 3.85. The first-order valence-corrected chi connectivity index (χ1v) is 9.18. The van der Waals surface area contributed by atoms with Gasteiger partial charge in [0.2, 0.25) is 0 Å². The molecule has 2 aliphatic heterocycles. The fourth-order valence-electron chi connectivity index (χ4n) is 4.46. The van der Waals surface area contributed by atoms with Crippen LogP contribution in [0.3, 0.4) is 0 Å². The van der Waals surface area contributed by atoms with Crippen LogP contribution in [0.25, 0.3) is 0 Å². The highest BCUT2D eigenvalue weighted by molar-refractivity contribution is 5.75. The Bertz CT molecular complexity index is 645. The van der Waals surface area contributed by atoms with Gasteiger partial charge in [-0.25, -0.2) is 14.8 Å². The number of urea groups is 1. The normalized spacial score (nSPS) is 25.3. The van der Waals surface area contributed by atoms with E-state index in [1.54, 1.807) is 0 Å². The Morgan fingerprint density at radius 2 is 1.83 bits per heavy atom. The summed E-state index contributed by atoms with van der Waals surface area (Å²) < 4.78 is 0. The van der Waals surface area contributed by atoms with Crippen molar-refractivity contribution >= 4 is 11.8 Å². The van der Waals surface area contributed by atoms with Crippen molar-refractivity contribution in [3.8, 4) is 0 Å². The van der Waals surface area contributed by atoms with Gasteiger partial charge in [0, 0.05) is 55.3 Å². The lowest BCUT2D eigenvalue weighted by atomic mass is 10.0. The first-order valence-electron chi connectivity index (χ1n) is 9.18. The van der Waals surface area contributed by atoms with Crippen molar-refractivity contribution in [2.75, 3.05) is 31.1 Å². The second kappa shape index (κ2) is 5.90. The number of amides is 2. The number of carbonyl (C=O) groups is 1. The predicted octanol–water partition coefficient (Wildman–Crippen LogP) is 1.76. The Balaban J connectivity index is 1.46. The summed E-state index contributed by atoms with van der Waals surface area (Å²) in [7, 11) is 0. The molecule has 1 aromatic heterocycles. The number of rotatable bonds is 2. The number of fused-ring (bicyclic) bond motifs is 2. The van der Waals surface area contributed by atoms with Gasteiger partial charge in [0.25, 0.3) is 0 Å². The van der Waals surface area contributed by atoms with Crippen molar-refractivity contribution in [3.63, 3.8) is 0 Å². The molecule has 1 N–H and O–H groups in total. The molecule has 130 valence electrons. The van der Waals surface area contributed by atoms with E-state index in [0.29, 0.717) is 11.8 Å². The van der Waals surface area contributed by atoms with Gasteiger partial charge >= 0.3 is 6.03 Å². The number of hydrogen-bond acceptors (Lipinski definition) is 4. The maximum Gasteiger partial charge on any atom is 0.317 e. The van der Waals surface area contributed by atoms with Crippen LogP contribution in [0.2, 0.25) is 0 Å². The summed E-state index contributed by atoms with van der Waals surface area (Å²) in [5.41, 5.74) is 2.63. The molecule has 2 unspecified atom stereocenters. The molecule has 2 amide bonds. The van der Waals surface area contributed by atoms with Gasteiger partial charge in [-0.3, -0.25) is 0 Å². The molecule has 3 heterocycles. The molecule has 6 nitrogen and oxygen atoms in total. The van der Waals surface area contributed by atoms with E-state index in [9.17, 15) is 4.79 Å². The number of nitrogens with zero attached hydrogens (tertiary/aromatic N) is 4. The highest BCUT2D eigenvalue weighted by Gasteiger charge is 2.42. The number of aryl methyl sites for hydroxylation is 2. The van der Waals surface area contributed by atoms with Gasteiger partial charge in [-0.05, 0) is 40.0 Å². The summed E-state index contributed by atoms with van der Waals surface area (Å²) in [4.78, 5) is 26.0. The zero-order valence-corrected chi connectivity index (χ0v) is 14.9. The molecule has 2 atom stereocenters. The van der Waals surface area contributed by atoms with Crippen LogP contribution in [-0.4, -0.2) is 53.1 Å². The molecule has 1 aliphatic carbocycles. The quantitative estimate of drug-likeness (QED) is 0.898. The molecule has 0 spiro atoms. The van der Waals surface area contributed by atoms with Gasteiger partial charge in [-0.1, -0.05) is 0 Å². The maximum absolute atomic E-state index is 12.2. The van der Waals surface area contributed by atoms with E-state index >= 15 is 0 Å². The van der Waals surface area contributed by atoms with Crippen LogP contribution in [0.15, 0.2) is 0 Å². The molecule has 3 aliphatic rings. The fourth-order valence-corrected chi connectivity index (χ4v) is 4.46. The minimum absolute atomic E-state index is 0.0877. The summed E-state index contributed by atoms with van der Waals surface area (Å²) in [5.74, 6) is 3.19. The standard InChI is InChI=1S/C18H27N5O/c1-11(2)19-18(24)23-9-13-7-22(8-14(13)10-23)17-15-5-4-6-16(15)20-12(3)21-17/h11,13-14H,4-10H2,1-3H3,(H,19,24). The third-order valence-electron chi connectivity index (χ3n) is 5.51. The predicted molar refractivity (Wildman–Crippen MR) is 93.2 cm³/mol. The molecule has 0 saturated carbocycles. The molecule has 0 aromatic carbocycles. The van der Waals surface area contributed by atoms with Crippen molar-refractivity contribution in [2.45, 2.75) is 46.1 Å². The largest absolute Gasteiger partial charge is 0.356 e. The zero-order chi connectivity index (χ0) is 16.8. The molecule has 6 heteroatoms. The van der Waals surface area contributed by atoms with E-state index in [-0.39, 0.29) is 12.1 Å². The number of carbonyl (C=O) groups excluding carboxylic acids is 1. The van der Waals surface area contributed by atoms with E-state index < -0.39 is 0 Å². The first kappa shape index (κ1) is 15.7. The average molecular weight is 329 g/mol. The highest BCUT2D eigenvalue weighted by atomic mass is 16.2. The number of hydrogen-bond donors (Lipinski definition) is 1. The molecule has 24 heavy (non-hydrogen) atoms. The molecule has 1 aromatic rings. The molecule has 2 fully saturated rings.